The number of hydrogen-bond acceptors (Lipinski definition) is 3. The summed E-state index contributed by atoms with van der Waals surface area (Å²) >= 11 is 0. The fraction of sp³-hybridized carbons (Fsp3) is 0.235. The average Bonchev–Trinajstić information content (AvgIpc) is 2.49. The Kier molecular flexibility index (Phi) is 5.18. The van der Waals surface area contributed by atoms with Crippen molar-refractivity contribution >= 4 is 5.78 Å². The van der Waals surface area contributed by atoms with Crippen LogP contribution in [0.2, 0.25) is 0 Å². The van der Waals surface area contributed by atoms with Crippen LogP contribution in [0, 0.1) is 0 Å². The molecular formula is C17H18O3. The minimum atomic E-state index is 0.0324. The SMILES string of the molecule is CCOc1ccccc1C(=O)CCOc1ccccc1. The number of carbonyl (C=O) groups is 1. The first-order valence-corrected chi connectivity index (χ1v) is 6.74. The zero-order chi connectivity index (χ0) is 14.2. The molecule has 0 heterocycles. The van der Waals surface area contributed by atoms with Gasteiger partial charge in [0.2, 0.25) is 0 Å². The lowest BCUT2D eigenvalue weighted by Gasteiger charge is -2.09. The molecule has 104 valence electrons. The summed E-state index contributed by atoms with van der Waals surface area (Å²) in [5, 5.41) is 0. The van der Waals surface area contributed by atoms with Gasteiger partial charge in [0, 0.05) is 6.42 Å². The lowest BCUT2D eigenvalue weighted by molar-refractivity contribution is 0.0958. The summed E-state index contributed by atoms with van der Waals surface area (Å²) in [6, 6.07) is 16.8. The van der Waals surface area contributed by atoms with Gasteiger partial charge in [0.25, 0.3) is 0 Å². The number of hydrogen-bond donors (Lipinski definition) is 0. The van der Waals surface area contributed by atoms with E-state index >= 15 is 0 Å². The molecule has 0 fully saturated rings. The first-order valence-electron chi connectivity index (χ1n) is 6.74. The Labute approximate surface area is 119 Å². The maximum Gasteiger partial charge on any atom is 0.169 e. The standard InChI is InChI=1S/C17H18O3/c1-2-19-17-11-7-6-10-15(17)16(18)12-13-20-14-8-4-3-5-9-14/h3-11H,2,12-13H2,1H3. The van der Waals surface area contributed by atoms with Crippen LogP contribution in [0.25, 0.3) is 0 Å². The highest BCUT2D eigenvalue weighted by Gasteiger charge is 2.11. The summed E-state index contributed by atoms with van der Waals surface area (Å²) in [4.78, 5) is 12.2. The summed E-state index contributed by atoms with van der Waals surface area (Å²) in [7, 11) is 0. The van der Waals surface area contributed by atoms with Gasteiger partial charge in [-0.15, -0.1) is 0 Å². The maximum absolute atomic E-state index is 12.2. The first kappa shape index (κ1) is 14.1. The Hall–Kier alpha value is -2.29. The molecule has 2 rings (SSSR count). The highest BCUT2D eigenvalue weighted by atomic mass is 16.5. The molecule has 3 heteroatoms. The van der Waals surface area contributed by atoms with Gasteiger partial charge in [-0.25, -0.2) is 0 Å². The molecule has 0 saturated heterocycles. The van der Waals surface area contributed by atoms with E-state index in [4.69, 9.17) is 9.47 Å². The quantitative estimate of drug-likeness (QED) is 0.719. The van der Waals surface area contributed by atoms with Crippen LogP contribution in [0.5, 0.6) is 11.5 Å². The molecule has 20 heavy (non-hydrogen) atoms. The predicted molar refractivity (Wildman–Crippen MR) is 78.5 cm³/mol. The molecule has 3 nitrogen and oxygen atoms in total. The van der Waals surface area contributed by atoms with Gasteiger partial charge in [0.1, 0.15) is 11.5 Å². The van der Waals surface area contributed by atoms with E-state index in [-0.39, 0.29) is 5.78 Å². The normalized spacial score (nSPS) is 10.1. The molecular weight excluding hydrogens is 252 g/mol. The summed E-state index contributed by atoms with van der Waals surface area (Å²) in [5.41, 5.74) is 0.617. The lowest BCUT2D eigenvalue weighted by Crippen LogP contribution is -2.08. The highest BCUT2D eigenvalue weighted by Crippen LogP contribution is 2.20. The number of para-hydroxylation sites is 2. The fourth-order valence-corrected chi connectivity index (χ4v) is 1.89. The third-order valence-corrected chi connectivity index (χ3v) is 2.83. The highest BCUT2D eigenvalue weighted by molar-refractivity contribution is 5.98. The summed E-state index contributed by atoms with van der Waals surface area (Å²) in [6.07, 6.45) is 0.332. The molecule has 2 aromatic rings. The Morgan fingerprint density at radius 2 is 1.65 bits per heavy atom. The molecule has 0 N–H and O–H groups in total. The molecule has 2 aromatic carbocycles. The van der Waals surface area contributed by atoms with Gasteiger partial charge in [0.05, 0.1) is 18.8 Å². The van der Waals surface area contributed by atoms with E-state index in [0.717, 1.165) is 5.75 Å². The molecule has 0 spiro atoms. The Morgan fingerprint density at radius 3 is 2.40 bits per heavy atom. The zero-order valence-corrected chi connectivity index (χ0v) is 11.5. The van der Waals surface area contributed by atoms with Crippen molar-refractivity contribution in [3.8, 4) is 11.5 Å². The van der Waals surface area contributed by atoms with E-state index in [1.165, 1.54) is 0 Å². The first-order chi connectivity index (χ1) is 9.81. The third kappa shape index (κ3) is 3.85. The van der Waals surface area contributed by atoms with Gasteiger partial charge in [-0.1, -0.05) is 30.3 Å². The Morgan fingerprint density at radius 1 is 0.950 bits per heavy atom. The van der Waals surface area contributed by atoms with Crippen molar-refractivity contribution in [2.75, 3.05) is 13.2 Å². The largest absolute Gasteiger partial charge is 0.493 e. The molecule has 0 aromatic heterocycles. The predicted octanol–water partition coefficient (Wildman–Crippen LogP) is 3.74. The van der Waals surface area contributed by atoms with E-state index in [2.05, 4.69) is 0 Å². The van der Waals surface area contributed by atoms with Crippen LogP contribution in [0.3, 0.4) is 0 Å². The lowest BCUT2D eigenvalue weighted by atomic mass is 10.1. The number of ether oxygens (including phenoxy) is 2. The number of rotatable bonds is 7. The Bertz CT molecular complexity index is 549. The van der Waals surface area contributed by atoms with Gasteiger partial charge in [0.15, 0.2) is 5.78 Å². The molecule has 0 bridgehead atoms. The number of benzene rings is 2. The molecule has 0 amide bonds. The van der Waals surface area contributed by atoms with Crippen LogP contribution >= 0.6 is 0 Å². The monoisotopic (exact) mass is 270 g/mol. The Balaban J connectivity index is 1.92. The molecule has 0 aliphatic carbocycles. The van der Waals surface area contributed by atoms with E-state index < -0.39 is 0 Å². The van der Waals surface area contributed by atoms with Crippen molar-refractivity contribution in [1.29, 1.82) is 0 Å². The van der Waals surface area contributed by atoms with E-state index in [0.29, 0.717) is 30.9 Å². The van der Waals surface area contributed by atoms with Crippen LogP contribution in [-0.2, 0) is 0 Å². The van der Waals surface area contributed by atoms with Crippen molar-refractivity contribution in [3.05, 3.63) is 60.2 Å². The minimum Gasteiger partial charge on any atom is -0.493 e. The molecule has 0 saturated carbocycles. The molecule has 0 aliphatic rings. The topological polar surface area (TPSA) is 35.5 Å². The van der Waals surface area contributed by atoms with E-state index in [1.807, 2.05) is 55.5 Å². The van der Waals surface area contributed by atoms with Crippen LogP contribution in [-0.4, -0.2) is 19.0 Å². The van der Waals surface area contributed by atoms with Crippen LogP contribution in [0.15, 0.2) is 54.6 Å². The van der Waals surface area contributed by atoms with Crippen molar-refractivity contribution in [3.63, 3.8) is 0 Å². The smallest absolute Gasteiger partial charge is 0.169 e. The molecule has 0 aliphatic heterocycles. The van der Waals surface area contributed by atoms with Crippen LogP contribution in [0.1, 0.15) is 23.7 Å². The fourth-order valence-electron chi connectivity index (χ4n) is 1.89. The van der Waals surface area contributed by atoms with Crippen molar-refractivity contribution in [2.24, 2.45) is 0 Å². The van der Waals surface area contributed by atoms with Gasteiger partial charge in [-0.05, 0) is 31.2 Å². The summed E-state index contributed by atoms with van der Waals surface area (Å²) in [6.45, 7) is 2.81. The number of Topliss-reactive ketones (excluding diaryl/α,β-unsaturated/α-hetero) is 1. The molecule has 0 unspecified atom stereocenters. The van der Waals surface area contributed by atoms with Crippen LogP contribution < -0.4 is 9.47 Å². The third-order valence-electron chi connectivity index (χ3n) is 2.83. The molecule has 0 radical (unpaired) electrons. The minimum absolute atomic E-state index is 0.0324. The van der Waals surface area contributed by atoms with Crippen LogP contribution in [0.4, 0.5) is 0 Å². The number of ketones is 1. The van der Waals surface area contributed by atoms with E-state index in [9.17, 15) is 4.79 Å². The second kappa shape index (κ2) is 7.34. The average molecular weight is 270 g/mol. The molecule has 0 atom stereocenters. The van der Waals surface area contributed by atoms with Crippen molar-refractivity contribution < 1.29 is 14.3 Å². The second-order valence-electron chi connectivity index (χ2n) is 4.26. The van der Waals surface area contributed by atoms with Gasteiger partial charge < -0.3 is 9.47 Å². The van der Waals surface area contributed by atoms with Gasteiger partial charge in [-0.2, -0.15) is 0 Å². The van der Waals surface area contributed by atoms with Gasteiger partial charge in [-0.3, -0.25) is 4.79 Å². The van der Waals surface area contributed by atoms with Crippen molar-refractivity contribution in [2.45, 2.75) is 13.3 Å². The zero-order valence-electron chi connectivity index (χ0n) is 11.5. The van der Waals surface area contributed by atoms with E-state index in [1.54, 1.807) is 6.07 Å². The van der Waals surface area contributed by atoms with Crippen molar-refractivity contribution in [1.82, 2.24) is 0 Å². The summed E-state index contributed by atoms with van der Waals surface area (Å²) < 4.78 is 11.0. The van der Waals surface area contributed by atoms with Gasteiger partial charge >= 0.3 is 0 Å². The number of carbonyl (C=O) groups excluding carboxylic acids is 1. The summed E-state index contributed by atoms with van der Waals surface area (Å²) in [5.74, 6) is 1.45. The maximum atomic E-state index is 12.2. The second-order valence-corrected chi connectivity index (χ2v) is 4.26.